The minimum absolute atomic E-state index is 0.000363. The van der Waals surface area contributed by atoms with E-state index in [2.05, 4.69) is 83.8 Å². The number of alkyl halides is 2. The lowest BCUT2D eigenvalue weighted by Gasteiger charge is -2.37. The molecule has 0 N–H and O–H groups in total. The molecule has 4 aromatic rings. The number of thioether (sulfide) groups is 2. The van der Waals surface area contributed by atoms with E-state index in [9.17, 15) is 9.59 Å². The topological polar surface area (TPSA) is 108 Å². The average molecular weight is 1070 g/mol. The van der Waals surface area contributed by atoms with Gasteiger partial charge in [-0.15, -0.1) is 0 Å². The van der Waals surface area contributed by atoms with Crippen LogP contribution in [0.15, 0.2) is 24.3 Å². The second kappa shape index (κ2) is 20.5. The van der Waals surface area contributed by atoms with Crippen molar-refractivity contribution in [1.82, 2.24) is 0 Å². The van der Waals surface area contributed by atoms with E-state index in [1.165, 1.54) is 23.5 Å². The number of carbonyl (C=O) groups excluding carboxylic acids is 2. The van der Waals surface area contributed by atoms with Gasteiger partial charge in [0.25, 0.3) is 0 Å². The van der Waals surface area contributed by atoms with Crippen molar-refractivity contribution < 1.29 is 47.5 Å². The molecule has 4 aliphatic heterocycles. The van der Waals surface area contributed by atoms with Crippen LogP contribution in [-0.4, -0.2) is 37.4 Å². The molecule has 4 aromatic carbocycles. The molecule has 352 valence electrons. The fourth-order valence-corrected chi connectivity index (χ4v) is 13.2. The third-order valence-electron chi connectivity index (χ3n) is 13.6. The summed E-state index contributed by atoms with van der Waals surface area (Å²) in [5, 5.41) is 0.973. The van der Waals surface area contributed by atoms with Gasteiger partial charge in [0, 0.05) is 126 Å². The predicted molar refractivity (Wildman–Crippen MR) is 266 cm³/mol. The van der Waals surface area contributed by atoms with Crippen molar-refractivity contribution in [2.75, 3.05) is 27.2 Å². The predicted octanol–water partition coefficient (Wildman–Crippen LogP) is 14.0. The molecule has 66 heavy (non-hydrogen) atoms. The van der Waals surface area contributed by atoms with Crippen molar-refractivity contribution >= 4 is 65.6 Å². The van der Waals surface area contributed by atoms with E-state index in [1.807, 2.05) is 0 Å². The monoisotopic (exact) mass is 1060 g/mol. The molecule has 0 amide bonds. The van der Waals surface area contributed by atoms with Crippen LogP contribution < -0.4 is 37.9 Å². The van der Waals surface area contributed by atoms with E-state index in [4.69, 9.17) is 37.9 Å². The maximum absolute atomic E-state index is 12.9. The van der Waals surface area contributed by atoms with Crippen LogP contribution in [0.2, 0.25) is 0 Å². The molecule has 0 aromatic heterocycles. The first-order chi connectivity index (χ1) is 32.2. The van der Waals surface area contributed by atoms with Gasteiger partial charge in [-0.25, -0.2) is 0 Å². The van der Waals surface area contributed by atoms with E-state index < -0.39 is 0 Å². The summed E-state index contributed by atoms with van der Waals surface area (Å²) in [4.78, 5) is 25.7. The van der Waals surface area contributed by atoms with Crippen molar-refractivity contribution in [1.29, 1.82) is 0 Å². The van der Waals surface area contributed by atoms with Gasteiger partial charge in [0.05, 0.1) is 0 Å². The van der Waals surface area contributed by atoms with E-state index in [-0.39, 0.29) is 61.1 Å². The van der Waals surface area contributed by atoms with E-state index in [1.54, 1.807) is 13.8 Å². The Morgan fingerprint density at radius 1 is 0.424 bits per heavy atom. The zero-order valence-corrected chi connectivity index (χ0v) is 43.4. The highest BCUT2D eigenvalue weighted by Gasteiger charge is 2.41. The first kappa shape index (κ1) is 47.4. The van der Waals surface area contributed by atoms with Gasteiger partial charge in [0.1, 0.15) is 46.0 Å². The average Bonchev–Trinajstić information content (AvgIpc) is 3.28. The molecule has 2 atom stereocenters. The summed E-state index contributed by atoms with van der Waals surface area (Å²) in [6, 6.07) is 9.38. The van der Waals surface area contributed by atoms with Crippen molar-refractivity contribution in [3.8, 4) is 46.0 Å². The van der Waals surface area contributed by atoms with Crippen LogP contribution in [0.3, 0.4) is 0 Å². The molecule has 1 aliphatic carbocycles. The fraction of sp³-hybridized carbons (Fsp3) is 0.500. The maximum atomic E-state index is 12.9. The number of hydrogen-bond acceptors (Lipinski definition) is 12. The molecule has 0 fully saturated rings. The van der Waals surface area contributed by atoms with Crippen molar-refractivity contribution in [2.45, 2.75) is 139 Å². The zero-order chi connectivity index (χ0) is 46.2. The standard InChI is InChI=1S/C52H58Br2O10S2/c1-7-11-29-33-15-35-30(12-8-2)37-17-39-32(14-10-4)40-18-38-31(13-9-3)36-16-34(29)46-42(20-54)48(36)60-25-62-50(38)44(22-66-28(6)56)52(40)64-26-63-51(39)43(21-65-27(5)55)49(37)61-24-59-47(35)41(19-53)45(33)57-23-58-46/h15-18,29-32H,7-14,19-26H2,1-6H3. The fourth-order valence-electron chi connectivity index (χ4n) is 10.9. The molecular formula is C52H58Br2O10S2. The van der Waals surface area contributed by atoms with Gasteiger partial charge < -0.3 is 37.9 Å². The Morgan fingerprint density at radius 3 is 0.818 bits per heavy atom. The number of carbonyl (C=O) groups is 2. The summed E-state index contributed by atoms with van der Waals surface area (Å²) in [6.07, 6.45) is 6.76. The van der Waals surface area contributed by atoms with Gasteiger partial charge in [-0.2, -0.15) is 0 Å². The Hall–Kier alpha value is -3.72. The van der Waals surface area contributed by atoms with E-state index >= 15 is 0 Å². The van der Waals surface area contributed by atoms with Crippen molar-refractivity contribution in [3.63, 3.8) is 0 Å². The Kier molecular flexibility index (Phi) is 14.7. The van der Waals surface area contributed by atoms with Gasteiger partial charge in [-0.3, -0.25) is 9.59 Å². The molecular weight excluding hydrogens is 1010 g/mol. The maximum Gasteiger partial charge on any atom is 0.230 e. The lowest BCUT2D eigenvalue weighted by atomic mass is 9.74. The number of rotatable bonds is 14. The Morgan fingerprint density at radius 2 is 0.636 bits per heavy atom. The summed E-state index contributed by atoms with van der Waals surface area (Å²) in [5.74, 6) is 5.77. The van der Waals surface area contributed by atoms with Crippen LogP contribution >= 0.6 is 55.4 Å². The second-order valence-electron chi connectivity index (χ2n) is 17.6. The van der Waals surface area contributed by atoms with Crippen LogP contribution in [-0.2, 0) is 31.8 Å². The molecule has 0 saturated carbocycles. The Bertz CT molecular complexity index is 2380. The van der Waals surface area contributed by atoms with Crippen molar-refractivity contribution in [2.24, 2.45) is 0 Å². The lowest BCUT2D eigenvalue weighted by molar-refractivity contribution is -0.109. The van der Waals surface area contributed by atoms with Crippen LogP contribution in [0.4, 0.5) is 0 Å². The molecule has 0 saturated heterocycles. The number of benzene rings is 4. The first-order valence-electron chi connectivity index (χ1n) is 23.4. The highest BCUT2D eigenvalue weighted by molar-refractivity contribution is 9.08. The molecule has 10 nitrogen and oxygen atoms in total. The smallest absolute Gasteiger partial charge is 0.230 e. The highest BCUT2D eigenvalue weighted by Crippen LogP contribution is 2.59. The van der Waals surface area contributed by atoms with Gasteiger partial charge in [-0.1, -0.05) is 109 Å². The molecule has 2 unspecified atom stereocenters. The minimum Gasteiger partial charge on any atom is -0.457 e. The number of ether oxygens (including phenoxy) is 8. The van der Waals surface area contributed by atoms with Crippen LogP contribution in [0.5, 0.6) is 46.0 Å². The SMILES string of the molecule is CCCC1c2cc3c4c(CBr)c2OCOc2c1cc1c(c2CBr)OCOc2c(cc5c(c2CSC(C)=O)OCOc2c(cc(c(c2CSC(C)=O)OCO4)C3CCC)C5CCC)C1CCC. The zero-order valence-electron chi connectivity index (χ0n) is 38.6. The third-order valence-corrected chi connectivity index (χ3v) is 16.4. The van der Waals surface area contributed by atoms with E-state index in [0.29, 0.717) is 45.2 Å². The van der Waals surface area contributed by atoms with Gasteiger partial charge in [0.15, 0.2) is 10.2 Å². The number of halogens is 2. The molecule has 9 rings (SSSR count). The Labute approximate surface area is 413 Å². The molecule has 0 spiro atoms. The van der Waals surface area contributed by atoms with Gasteiger partial charge >= 0.3 is 0 Å². The summed E-state index contributed by atoms with van der Waals surface area (Å²) < 4.78 is 54.5. The van der Waals surface area contributed by atoms with Gasteiger partial charge in [-0.05, 0) is 49.9 Å². The molecule has 8 bridgehead atoms. The molecule has 14 heteroatoms. The second-order valence-corrected chi connectivity index (χ2v) is 21.0. The molecule has 4 heterocycles. The molecule has 0 radical (unpaired) electrons. The molecule has 5 aliphatic rings. The largest absolute Gasteiger partial charge is 0.457 e. The van der Waals surface area contributed by atoms with E-state index in [0.717, 1.165) is 141 Å². The minimum atomic E-state index is -0.203. The van der Waals surface area contributed by atoms with Crippen LogP contribution in [0, 0.1) is 0 Å². The number of hydrogen-bond donors (Lipinski definition) is 0. The third kappa shape index (κ3) is 8.46. The summed E-state index contributed by atoms with van der Waals surface area (Å²) >= 11 is 10.3. The van der Waals surface area contributed by atoms with Crippen LogP contribution in [0.1, 0.15) is 183 Å². The Balaban J connectivity index is 1.50. The van der Waals surface area contributed by atoms with Crippen LogP contribution in [0.25, 0.3) is 0 Å². The van der Waals surface area contributed by atoms with Crippen molar-refractivity contribution in [3.05, 3.63) is 91.0 Å². The quantitative estimate of drug-likeness (QED) is 0.112. The first-order valence-corrected chi connectivity index (χ1v) is 27.6. The lowest BCUT2D eigenvalue weighted by Crippen LogP contribution is -2.25. The summed E-state index contributed by atoms with van der Waals surface area (Å²) in [7, 11) is 0. The van der Waals surface area contributed by atoms with Gasteiger partial charge in [0.2, 0.25) is 27.2 Å². The summed E-state index contributed by atoms with van der Waals surface area (Å²) in [6.45, 7) is 11.8. The highest BCUT2D eigenvalue weighted by atomic mass is 79.9. The normalized spacial score (nSPS) is 19.4. The summed E-state index contributed by atoms with van der Waals surface area (Å²) in [5.41, 5.74) is 11.9.